The van der Waals surface area contributed by atoms with E-state index in [0.29, 0.717) is 24.6 Å². The molecule has 0 saturated carbocycles. The number of carbonyl (C=O) groups excluding carboxylic acids is 1. The molecule has 1 amide bonds. The fraction of sp³-hybridized carbons (Fsp3) is 0.214. The number of furan rings is 1. The van der Waals surface area contributed by atoms with Gasteiger partial charge in [0.05, 0.1) is 18.8 Å². The van der Waals surface area contributed by atoms with Crippen LogP contribution in [0.4, 0.5) is 0 Å². The molecule has 0 bridgehead atoms. The minimum atomic E-state index is -0.247. The third-order valence-electron chi connectivity index (χ3n) is 3.11. The van der Waals surface area contributed by atoms with Gasteiger partial charge in [0.25, 0.3) is 5.91 Å². The molecule has 3 rings (SSSR count). The van der Waals surface area contributed by atoms with E-state index >= 15 is 0 Å². The van der Waals surface area contributed by atoms with Crippen LogP contribution < -0.4 is 5.32 Å². The summed E-state index contributed by atoms with van der Waals surface area (Å²) in [4.78, 5) is 12.0. The first-order chi connectivity index (χ1) is 10.2. The topological polar surface area (TPSA) is 77.9 Å². The quantitative estimate of drug-likeness (QED) is 0.763. The van der Waals surface area contributed by atoms with Gasteiger partial charge in [0.15, 0.2) is 5.76 Å². The SMILES string of the molecule is Cn1nccc1CNC(=O)c1ccc(Cn2cccn2)o1. The van der Waals surface area contributed by atoms with Gasteiger partial charge < -0.3 is 9.73 Å². The Hall–Kier alpha value is -2.83. The van der Waals surface area contributed by atoms with E-state index in [-0.39, 0.29) is 5.91 Å². The smallest absolute Gasteiger partial charge is 0.287 e. The number of hydrogen-bond acceptors (Lipinski definition) is 4. The second-order valence-electron chi connectivity index (χ2n) is 4.60. The van der Waals surface area contributed by atoms with Crippen LogP contribution in [0.5, 0.6) is 0 Å². The van der Waals surface area contributed by atoms with Crippen LogP contribution in [0.15, 0.2) is 47.3 Å². The first kappa shape index (κ1) is 13.2. The Bertz CT molecular complexity index is 726. The van der Waals surface area contributed by atoms with Crippen molar-refractivity contribution in [3.05, 3.63) is 60.1 Å². The number of carbonyl (C=O) groups is 1. The van der Waals surface area contributed by atoms with Gasteiger partial charge in [-0.1, -0.05) is 0 Å². The highest BCUT2D eigenvalue weighted by Gasteiger charge is 2.12. The molecule has 0 aromatic carbocycles. The molecule has 108 valence electrons. The lowest BCUT2D eigenvalue weighted by Gasteiger charge is -2.03. The van der Waals surface area contributed by atoms with Crippen molar-refractivity contribution < 1.29 is 9.21 Å². The monoisotopic (exact) mass is 285 g/mol. The molecular formula is C14H15N5O2. The van der Waals surface area contributed by atoms with Crippen LogP contribution in [-0.2, 0) is 20.1 Å². The fourth-order valence-corrected chi connectivity index (χ4v) is 1.97. The van der Waals surface area contributed by atoms with E-state index in [1.54, 1.807) is 33.9 Å². The third-order valence-corrected chi connectivity index (χ3v) is 3.11. The number of aromatic nitrogens is 4. The molecule has 3 aromatic heterocycles. The second-order valence-corrected chi connectivity index (χ2v) is 4.60. The summed E-state index contributed by atoms with van der Waals surface area (Å²) in [7, 11) is 1.83. The summed E-state index contributed by atoms with van der Waals surface area (Å²) in [5.41, 5.74) is 0.923. The number of aryl methyl sites for hydroxylation is 1. The van der Waals surface area contributed by atoms with Crippen molar-refractivity contribution in [2.75, 3.05) is 0 Å². The van der Waals surface area contributed by atoms with Gasteiger partial charge in [0.2, 0.25) is 0 Å². The van der Waals surface area contributed by atoms with Gasteiger partial charge in [-0.25, -0.2) is 0 Å². The Morgan fingerprint density at radius 3 is 2.90 bits per heavy atom. The molecule has 1 N–H and O–H groups in total. The molecular weight excluding hydrogens is 270 g/mol. The molecule has 0 aliphatic carbocycles. The van der Waals surface area contributed by atoms with Gasteiger partial charge in [0.1, 0.15) is 5.76 Å². The van der Waals surface area contributed by atoms with Crippen molar-refractivity contribution in [1.82, 2.24) is 24.9 Å². The van der Waals surface area contributed by atoms with Crippen molar-refractivity contribution in [3.63, 3.8) is 0 Å². The van der Waals surface area contributed by atoms with Crippen LogP contribution in [0.3, 0.4) is 0 Å². The molecule has 0 unspecified atom stereocenters. The van der Waals surface area contributed by atoms with Gasteiger partial charge in [-0.05, 0) is 24.3 Å². The number of rotatable bonds is 5. The maximum Gasteiger partial charge on any atom is 0.287 e. The molecule has 0 aliphatic heterocycles. The van der Waals surface area contributed by atoms with Crippen molar-refractivity contribution in [2.45, 2.75) is 13.1 Å². The summed E-state index contributed by atoms with van der Waals surface area (Å²) in [6.45, 7) is 0.909. The highest BCUT2D eigenvalue weighted by atomic mass is 16.4. The fourth-order valence-electron chi connectivity index (χ4n) is 1.97. The molecule has 0 saturated heterocycles. The molecule has 0 aliphatic rings. The van der Waals surface area contributed by atoms with Crippen molar-refractivity contribution in [1.29, 1.82) is 0 Å². The van der Waals surface area contributed by atoms with Gasteiger partial charge >= 0.3 is 0 Å². The molecule has 0 radical (unpaired) electrons. The molecule has 3 aromatic rings. The van der Waals surface area contributed by atoms with Crippen LogP contribution in [-0.4, -0.2) is 25.5 Å². The van der Waals surface area contributed by atoms with Gasteiger partial charge in [-0.15, -0.1) is 0 Å². The molecule has 7 nitrogen and oxygen atoms in total. The first-order valence-corrected chi connectivity index (χ1v) is 6.53. The highest BCUT2D eigenvalue weighted by molar-refractivity contribution is 5.91. The standard InChI is InChI=1S/C14H15N5O2/c1-18-11(5-7-16-18)9-15-14(20)13-4-3-12(21-13)10-19-8-2-6-17-19/h2-8H,9-10H2,1H3,(H,15,20). The zero-order valence-electron chi connectivity index (χ0n) is 11.6. The predicted molar refractivity (Wildman–Crippen MR) is 74.4 cm³/mol. The molecule has 0 spiro atoms. The Balaban J connectivity index is 1.60. The summed E-state index contributed by atoms with van der Waals surface area (Å²) < 4.78 is 8.97. The largest absolute Gasteiger partial charge is 0.454 e. The maximum absolute atomic E-state index is 12.0. The number of nitrogens with one attached hydrogen (secondary N) is 1. The lowest BCUT2D eigenvalue weighted by Crippen LogP contribution is -2.23. The van der Waals surface area contributed by atoms with E-state index in [2.05, 4.69) is 15.5 Å². The average Bonchev–Trinajstić information content (AvgIpc) is 3.19. The summed E-state index contributed by atoms with van der Waals surface area (Å²) in [5, 5.41) is 10.9. The summed E-state index contributed by atoms with van der Waals surface area (Å²) in [5.74, 6) is 0.728. The minimum absolute atomic E-state index is 0.247. The van der Waals surface area contributed by atoms with E-state index in [1.807, 2.05) is 25.4 Å². The predicted octanol–water partition coefficient (Wildman–Crippen LogP) is 1.19. The van der Waals surface area contributed by atoms with E-state index in [1.165, 1.54) is 0 Å². The van der Waals surface area contributed by atoms with Crippen molar-refractivity contribution in [3.8, 4) is 0 Å². The molecule has 7 heteroatoms. The number of hydrogen-bond donors (Lipinski definition) is 1. The van der Waals surface area contributed by atoms with Gasteiger partial charge in [0, 0.05) is 25.6 Å². The Morgan fingerprint density at radius 1 is 1.29 bits per heavy atom. The maximum atomic E-state index is 12.0. The highest BCUT2D eigenvalue weighted by Crippen LogP contribution is 2.09. The average molecular weight is 285 g/mol. The number of nitrogens with zero attached hydrogens (tertiary/aromatic N) is 4. The Labute approximate surface area is 121 Å². The summed E-state index contributed by atoms with van der Waals surface area (Å²) in [6.07, 6.45) is 5.23. The van der Waals surface area contributed by atoms with Crippen LogP contribution in [0.2, 0.25) is 0 Å². The van der Waals surface area contributed by atoms with E-state index in [0.717, 1.165) is 5.69 Å². The molecule has 0 fully saturated rings. The zero-order valence-corrected chi connectivity index (χ0v) is 11.6. The van der Waals surface area contributed by atoms with E-state index < -0.39 is 0 Å². The lowest BCUT2D eigenvalue weighted by molar-refractivity contribution is 0.0920. The summed E-state index contributed by atoms with van der Waals surface area (Å²) >= 11 is 0. The normalized spacial score (nSPS) is 10.7. The van der Waals surface area contributed by atoms with Crippen LogP contribution >= 0.6 is 0 Å². The minimum Gasteiger partial charge on any atom is -0.454 e. The van der Waals surface area contributed by atoms with Crippen LogP contribution in [0.25, 0.3) is 0 Å². The van der Waals surface area contributed by atoms with Crippen LogP contribution in [0, 0.1) is 0 Å². The third kappa shape index (κ3) is 3.02. The molecule has 21 heavy (non-hydrogen) atoms. The molecule has 0 atom stereocenters. The van der Waals surface area contributed by atoms with Crippen molar-refractivity contribution in [2.24, 2.45) is 7.05 Å². The lowest BCUT2D eigenvalue weighted by atomic mass is 10.3. The van der Waals surface area contributed by atoms with Crippen LogP contribution in [0.1, 0.15) is 22.0 Å². The second kappa shape index (κ2) is 5.66. The van der Waals surface area contributed by atoms with E-state index in [9.17, 15) is 4.79 Å². The first-order valence-electron chi connectivity index (χ1n) is 6.53. The zero-order chi connectivity index (χ0) is 14.7. The van der Waals surface area contributed by atoms with Gasteiger partial charge in [-0.2, -0.15) is 10.2 Å². The Kier molecular flexibility index (Phi) is 3.55. The summed E-state index contributed by atoms with van der Waals surface area (Å²) in [6, 6.07) is 7.13. The van der Waals surface area contributed by atoms with Crippen molar-refractivity contribution >= 4 is 5.91 Å². The number of amides is 1. The molecule has 3 heterocycles. The van der Waals surface area contributed by atoms with E-state index in [4.69, 9.17) is 4.42 Å². The van der Waals surface area contributed by atoms with Gasteiger partial charge in [-0.3, -0.25) is 14.2 Å². The Morgan fingerprint density at radius 2 is 2.19 bits per heavy atom.